The molecule has 0 bridgehead atoms. The highest BCUT2D eigenvalue weighted by Crippen LogP contribution is 2.26. The first-order valence-corrected chi connectivity index (χ1v) is 8.31. The molecule has 1 N–H and O–H groups in total. The molecule has 1 amide bonds. The monoisotopic (exact) mass is 335 g/mol. The number of nitrogens with zero attached hydrogens (tertiary/aromatic N) is 2. The Morgan fingerprint density at radius 1 is 1.26 bits per heavy atom. The highest BCUT2D eigenvalue weighted by atomic mass is 32.1. The van der Waals surface area contributed by atoms with Crippen molar-refractivity contribution in [3.8, 4) is 11.5 Å². The maximum Gasteiger partial charge on any atom is 0.226 e. The van der Waals surface area contributed by atoms with Crippen molar-refractivity contribution in [2.75, 3.05) is 19.0 Å². The van der Waals surface area contributed by atoms with Gasteiger partial charge in [0, 0.05) is 12.3 Å². The minimum atomic E-state index is -0.0833. The van der Waals surface area contributed by atoms with Gasteiger partial charge in [0.1, 0.15) is 5.01 Å². The predicted molar refractivity (Wildman–Crippen MR) is 90.4 cm³/mol. The first-order chi connectivity index (χ1) is 11.1. The minimum absolute atomic E-state index is 0.0833. The Labute approximate surface area is 139 Å². The summed E-state index contributed by atoms with van der Waals surface area (Å²) in [6, 6.07) is 7.44. The number of benzene rings is 1. The second-order valence-corrected chi connectivity index (χ2v) is 6.26. The predicted octanol–water partition coefficient (Wildman–Crippen LogP) is 3.47. The Morgan fingerprint density at radius 2 is 2.00 bits per heavy atom. The van der Waals surface area contributed by atoms with Crippen LogP contribution in [0, 0.1) is 0 Å². The number of ether oxygens (including phenoxy) is 2. The molecule has 2 aromatic rings. The number of carbonyl (C=O) groups excluding carboxylic acids is 1. The molecule has 0 spiro atoms. The number of para-hydroxylation sites is 2. The van der Waals surface area contributed by atoms with Crippen molar-refractivity contribution in [1.29, 1.82) is 0 Å². The molecule has 1 aromatic heterocycles. The molecule has 0 unspecified atom stereocenters. The van der Waals surface area contributed by atoms with E-state index < -0.39 is 0 Å². The van der Waals surface area contributed by atoms with E-state index in [0.29, 0.717) is 42.0 Å². The van der Waals surface area contributed by atoms with Gasteiger partial charge in [0.2, 0.25) is 11.0 Å². The summed E-state index contributed by atoms with van der Waals surface area (Å²) >= 11 is 1.41. The quantitative estimate of drug-likeness (QED) is 0.748. The molecule has 124 valence electrons. The number of aromatic nitrogens is 2. The number of nitrogens with one attached hydrogen (secondary N) is 1. The molecule has 0 saturated carbocycles. The molecule has 0 aliphatic rings. The molecule has 1 aromatic carbocycles. The number of rotatable bonds is 8. The van der Waals surface area contributed by atoms with Crippen molar-refractivity contribution in [2.24, 2.45) is 0 Å². The molecule has 7 heteroatoms. The second-order valence-electron chi connectivity index (χ2n) is 5.25. The molecule has 23 heavy (non-hydrogen) atoms. The van der Waals surface area contributed by atoms with Gasteiger partial charge in [-0.25, -0.2) is 0 Å². The van der Waals surface area contributed by atoms with E-state index in [4.69, 9.17) is 9.47 Å². The summed E-state index contributed by atoms with van der Waals surface area (Å²) in [5.41, 5.74) is 0. The van der Waals surface area contributed by atoms with Gasteiger partial charge in [-0.3, -0.25) is 4.79 Å². The fraction of sp³-hybridized carbons (Fsp3) is 0.438. The lowest BCUT2D eigenvalue weighted by Gasteiger charge is -2.09. The molecule has 1 heterocycles. The smallest absolute Gasteiger partial charge is 0.226 e. The Bertz CT molecular complexity index is 643. The summed E-state index contributed by atoms with van der Waals surface area (Å²) < 4.78 is 10.8. The second kappa shape index (κ2) is 8.47. The van der Waals surface area contributed by atoms with Gasteiger partial charge in [0.05, 0.1) is 13.7 Å². The zero-order chi connectivity index (χ0) is 16.7. The zero-order valence-electron chi connectivity index (χ0n) is 13.5. The first-order valence-electron chi connectivity index (χ1n) is 7.49. The van der Waals surface area contributed by atoms with E-state index in [1.54, 1.807) is 7.11 Å². The molecule has 0 radical (unpaired) electrons. The molecule has 0 aliphatic heterocycles. The van der Waals surface area contributed by atoms with E-state index in [1.807, 2.05) is 38.1 Å². The van der Waals surface area contributed by atoms with Crippen LogP contribution in [0.2, 0.25) is 0 Å². The van der Waals surface area contributed by atoms with Gasteiger partial charge in [-0.2, -0.15) is 0 Å². The third kappa shape index (κ3) is 5.21. The van der Waals surface area contributed by atoms with Crippen molar-refractivity contribution in [3.63, 3.8) is 0 Å². The first kappa shape index (κ1) is 17.2. The topological polar surface area (TPSA) is 73.3 Å². The Balaban J connectivity index is 1.72. The zero-order valence-corrected chi connectivity index (χ0v) is 14.4. The number of methoxy groups -OCH3 is 1. The summed E-state index contributed by atoms with van der Waals surface area (Å²) in [4.78, 5) is 11.9. The largest absolute Gasteiger partial charge is 0.493 e. The number of amides is 1. The molecule has 2 rings (SSSR count). The average molecular weight is 335 g/mol. The van der Waals surface area contributed by atoms with Crippen LogP contribution in [0.5, 0.6) is 11.5 Å². The van der Waals surface area contributed by atoms with E-state index in [2.05, 4.69) is 15.5 Å². The fourth-order valence-corrected chi connectivity index (χ4v) is 2.62. The third-order valence-electron chi connectivity index (χ3n) is 3.06. The summed E-state index contributed by atoms with van der Waals surface area (Å²) in [6.07, 6.45) is 0.978. The van der Waals surface area contributed by atoms with Crippen molar-refractivity contribution in [3.05, 3.63) is 29.3 Å². The summed E-state index contributed by atoms with van der Waals surface area (Å²) in [5.74, 6) is 1.60. The lowest BCUT2D eigenvalue weighted by atomic mass is 10.2. The van der Waals surface area contributed by atoms with Gasteiger partial charge < -0.3 is 14.8 Å². The standard InChI is InChI=1S/C16H21N3O3S/c1-11(2)15-18-19-16(23-15)17-14(20)9-6-10-22-13-8-5-4-7-12(13)21-3/h4-5,7-8,11H,6,9-10H2,1-3H3,(H,17,19,20). The van der Waals surface area contributed by atoms with Crippen molar-refractivity contribution in [2.45, 2.75) is 32.6 Å². The fourth-order valence-electron chi connectivity index (χ4n) is 1.85. The van der Waals surface area contributed by atoms with E-state index in [9.17, 15) is 4.79 Å². The van der Waals surface area contributed by atoms with Crippen molar-refractivity contribution < 1.29 is 14.3 Å². The maximum absolute atomic E-state index is 11.9. The Kier molecular flexibility index (Phi) is 6.34. The number of carbonyl (C=O) groups is 1. The van der Waals surface area contributed by atoms with Crippen LogP contribution in [-0.4, -0.2) is 29.8 Å². The van der Waals surface area contributed by atoms with E-state index in [1.165, 1.54) is 11.3 Å². The molecule has 0 aliphatic carbocycles. The number of anilines is 1. The van der Waals surface area contributed by atoms with Gasteiger partial charge in [-0.15, -0.1) is 10.2 Å². The van der Waals surface area contributed by atoms with Crippen LogP contribution >= 0.6 is 11.3 Å². The van der Waals surface area contributed by atoms with Gasteiger partial charge in [0.15, 0.2) is 11.5 Å². The normalized spacial score (nSPS) is 10.6. The summed E-state index contributed by atoms with van der Waals surface area (Å²) in [5, 5.41) is 12.2. The summed E-state index contributed by atoms with van der Waals surface area (Å²) in [7, 11) is 1.60. The van der Waals surface area contributed by atoms with Crippen LogP contribution in [0.4, 0.5) is 5.13 Å². The molecule has 0 saturated heterocycles. The van der Waals surface area contributed by atoms with E-state index >= 15 is 0 Å². The Hall–Kier alpha value is -2.15. The van der Waals surface area contributed by atoms with Crippen molar-refractivity contribution >= 4 is 22.4 Å². The number of hydrogen-bond donors (Lipinski definition) is 1. The molecule has 6 nitrogen and oxygen atoms in total. The third-order valence-corrected chi connectivity index (χ3v) is 4.19. The summed E-state index contributed by atoms with van der Waals surface area (Å²) in [6.45, 7) is 4.53. The van der Waals surface area contributed by atoms with Crippen LogP contribution in [0.1, 0.15) is 37.6 Å². The number of hydrogen-bond acceptors (Lipinski definition) is 6. The SMILES string of the molecule is COc1ccccc1OCCCC(=O)Nc1nnc(C(C)C)s1. The molecular formula is C16H21N3O3S. The van der Waals surface area contributed by atoms with Crippen LogP contribution in [0.15, 0.2) is 24.3 Å². The molecule has 0 atom stereocenters. The lowest BCUT2D eigenvalue weighted by Crippen LogP contribution is -2.12. The minimum Gasteiger partial charge on any atom is -0.493 e. The molecule has 0 fully saturated rings. The molecular weight excluding hydrogens is 314 g/mol. The Morgan fingerprint density at radius 3 is 2.65 bits per heavy atom. The maximum atomic E-state index is 11.9. The van der Waals surface area contributed by atoms with Crippen LogP contribution < -0.4 is 14.8 Å². The highest BCUT2D eigenvalue weighted by molar-refractivity contribution is 7.15. The highest BCUT2D eigenvalue weighted by Gasteiger charge is 2.10. The van der Waals surface area contributed by atoms with Gasteiger partial charge in [0.25, 0.3) is 0 Å². The van der Waals surface area contributed by atoms with E-state index in [-0.39, 0.29) is 5.91 Å². The van der Waals surface area contributed by atoms with Crippen molar-refractivity contribution in [1.82, 2.24) is 10.2 Å². The van der Waals surface area contributed by atoms with Gasteiger partial charge in [-0.1, -0.05) is 37.3 Å². The average Bonchev–Trinajstić information content (AvgIpc) is 3.00. The lowest BCUT2D eigenvalue weighted by molar-refractivity contribution is -0.116. The van der Waals surface area contributed by atoms with Crippen LogP contribution in [-0.2, 0) is 4.79 Å². The van der Waals surface area contributed by atoms with Gasteiger partial charge >= 0.3 is 0 Å². The van der Waals surface area contributed by atoms with Gasteiger partial charge in [-0.05, 0) is 18.6 Å². The van der Waals surface area contributed by atoms with Crippen LogP contribution in [0.25, 0.3) is 0 Å². The van der Waals surface area contributed by atoms with Crippen LogP contribution in [0.3, 0.4) is 0 Å². The van der Waals surface area contributed by atoms with E-state index in [0.717, 1.165) is 5.01 Å².